The predicted octanol–water partition coefficient (Wildman–Crippen LogP) is 0.213. The molecule has 1 rings (SSSR count). The number of amides is 1. The van der Waals surface area contributed by atoms with E-state index in [0.717, 1.165) is 6.54 Å². The first-order valence-electron chi connectivity index (χ1n) is 3.54. The molecule has 56 valence electrons. The maximum atomic E-state index is 11.0. The first-order valence-corrected chi connectivity index (χ1v) is 3.54. The summed E-state index contributed by atoms with van der Waals surface area (Å²) in [6.07, 6.45) is 0. The fraction of sp³-hybridized carbons (Fsp3) is 0.714. The molecule has 1 N–H and O–H groups in total. The lowest BCUT2D eigenvalue weighted by Gasteiger charge is -2.14. The van der Waals surface area contributed by atoms with Gasteiger partial charge in [0, 0.05) is 12.5 Å². The Morgan fingerprint density at radius 3 is 2.70 bits per heavy atom. The van der Waals surface area contributed by atoms with Crippen LogP contribution in [0.3, 0.4) is 0 Å². The summed E-state index contributed by atoms with van der Waals surface area (Å²) in [5, 5.41) is 2.74. The van der Waals surface area contributed by atoms with Crippen molar-refractivity contribution in [1.82, 2.24) is 5.32 Å². The summed E-state index contributed by atoms with van der Waals surface area (Å²) < 4.78 is 0. The van der Waals surface area contributed by atoms with Gasteiger partial charge >= 0.3 is 0 Å². The molecular formula is C7H12N2O. The van der Waals surface area contributed by atoms with Crippen LogP contribution in [-0.2, 0) is 4.79 Å². The van der Waals surface area contributed by atoms with E-state index in [1.54, 1.807) is 0 Å². The smallest absolute Gasteiger partial charge is 0.265 e. The molecule has 0 atom stereocenters. The summed E-state index contributed by atoms with van der Waals surface area (Å²) >= 11 is 0. The van der Waals surface area contributed by atoms with Crippen LogP contribution in [0, 0.1) is 5.92 Å². The van der Waals surface area contributed by atoms with E-state index < -0.39 is 0 Å². The molecule has 0 bridgehead atoms. The van der Waals surface area contributed by atoms with E-state index >= 15 is 0 Å². The van der Waals surface area contributed by atoms with Gasteiger partial charge in [-0.15, -0.1) is 0 Å². The number of hydrogen-bond donors (Lipinski definition) is 1. The van der Waals surface area contributed by atoms with Gasteiger partial charge in [0.25, 0.3) is 5.91 Å². The Balaban J connectivity index is 2.71. The highest BCUT2D eigenvalue weighted by Gasteiger charge is 2.16. The van der Waals surface area contributed by atoms with Crippen molar-refractivity contribution < 1.29 is 4.79 Å². The number of carbonyl (C=O) groups is 1. The molecule has 0 radical (unpaired) electrons. The number of rotatable bonds is 1. The molecule has 1 aliphatic heterocycles. The van der Waals surface area contributed by atoms with Crippen LogP contribution in [0.15, 0.2) is 4.99 Å². The van der Waals surface area contributed by atoms with E-state index in [1.165, 1.54) is 0 Å². The number of hydrogen-bond acceptors (Lipinski definition) is 2. The number of nitrogens with zero attached hydrogens (tertiary/aromatic N) is 1. The average Bonchev–Trinajstić information content (AvgIpc) is 1.88. The molecule has 1 amide bonds. The summed E-state index contributed by atoms with van der Waals surface area (Å²) in [4.78, 5) is 15.1. The lowest BCUT2D eigenvalue weighted by atomic mass is 10.1. The van der Waals surface area contributed by atoms with Gasteiger partial charge in [0.15, 0.2) is 0 Å². The van der Waals surface area contributed by atoms with Gasteiger partial charge in [-0.1, -0.05) is 13.8 Å². The van der Waals surface area contributed by atoms with Gasteiger partial charge in [0.05, 0.1) is 6.54 Å². The van der Waals surface area contributed by atoms with Crippen LogP contribution in [0.25, 0.3) is 0 Å². The summed E-state index contributed by atoms with van der Waals surface area (Å²) in [5.41, 5.74) is 0.686. The Morgan fingerprint density at radius 1 is 1.60 bits per heavy atom. The van der Waals surface area contributed by atoms with E-state index in [9.17, 15) is 4.79 Å². The van der Waals surface area contributed by atoms with E-state index in [-0.39, 0.29) is 11.8 Å². The lowest BCUT2D eigenvalue weighted by Crippen LogP contribution is -2.39. The second-order valence-corrected chi connectivity index (χ2v) is 2.68. The number of carbonyl (C=O) groups excluding carboxylic acids is 1. The molecule has 0 fully saturated rings. The highest BCUT2D eigenvalue weighted by Crippen LogP contribution is 1.99. The minimum Gasteiger partial charge on any atom is -0.349 e. The van der Waals surface area contributed by atoms with Crippen LogP contribution >= 0.6 is 0 Å². The SMILES string of the molecule is CC(C)C1=NCCNC1=O. The standard InChI is InChI=1S/C7H12N2O/c1-5(2)6-7(10)9-4-3-8-6/h5H,3-4H2,1-2H3,(H,9,10). The first kappa shape index (κ1) is 7.25. The second-order valence-electron chi connectivity index (χ2n) is 2.68. The maximum Gasteiger partial charge on any atom is 0.265 e. The van der Waals surface area contributed by atoms with Gasteiger partial charge in [0.1, 0.15) is 5.71 Å². The third kappa shape index (κ3) is 1.35. The quantitative estimate of drug-likeness (QED) is 0.556. The van der Waals surface area contributed by atoms with E-state index in [0.29, 0.717) is 12.3 Å². The minimum absolute atomic E-state index is 0.00116. The van der Waals surface area contributed by atoms with Crippen molar-refractivity contribution in [3.63, 3.8) is 0 Å². The van der Waals surface area contributed by atoms with Crippen molar-refractivity contribution in [2.75, 3.05) is 13.1 Å². The maximum absolute atomic E-state index is 11.0. The topological polar surface area (TPSA) is 41.5 Å². The molecule has 1 heterocycles. The van der Waals surface area contributed by atoms with Crippen molar-refractivity contribution in [3.05, 3.63) is 0 Å². The van der Waals surface area contributed by atoms with Crippen molar-refractivity contribution in [3.8, 4) is 0 Å². The lowest BCUT2D eigenvalue weighted by molar-refractivity contribution is -0.115. The van der Waals surface area contributed by atoms with Gasteiger partial charge in [0.2, 0.25) is 0 Å². The largest absolute Gasteiger partial charge is 0.349 e. The Bertz CT molecular complexity index is 172. The summed E-state index contributed by atoms with van der Waals surface area (Å²) in [6.45, 7) is 5.38. The zero-order chi connectivity index (χ0) is 7.56. The normalized spacial score (nSPS) is 18.7. The molecule has 0 aromatic heterocycles. The van der Waals surface area contributed by atoms with Crippen molar-refractivity contribution >= 4 is 11.6 Å². The predicted molar refractivity (Wildman–Crippen MR) is 40.1 cm³/mol. The monoisotopic (exact) mass is 140 g/mol. The Hall–Kier alpha value is -0.860. The van der Waals surface area contributed by atoms with Crippen LogP contribution in [0.4, 0.5) is 0 Å². The van der Waals surface area contributed by atoms with Gasteiger partial charge in [-0.25, -0.2) is 0 Å². The van der Waals surface area contributed by atoms with Gasteiger partial charge < -0.3 is 5.32 Å². The molecule has 0 unspecified atom stereocenters. The summed E-state index contributed by atoms with van der Waals surface area (Å²) in [7, 11) is 0. The zero-order valence-electron chi connectivity index (χ0n) is 6.35. The van der Waals surface area contributed by atoms with Gasteiger partial charge in [-0.05, 0) is 0 Å². The average molecular weight is 140 g/mol. The molecule has 0 saturated heterocycles. The third-order valence-corrected chi connectivity index (χ3v) is 1.46. The molecule has 1 aliphatic rings. The molecule has 3 heteroatoms. The number of nitrogens with one attached hydrogen (secondary N) is 1. The molecule has 10 heavy (non-hydrogen) atoms. The van der Waals surface area contributed by atoms with E-state index in [1.807, 2.05) is 13.8 Å². The second kappa shape index (κ2) is 2.82. The van der Waals surface area contributed by atoms with Crippen LogP contribution in [0.2, 0.25) is 0 Å². The summed E-state index contributed by atoms with van der Waals surface area (Å²) in [5.74, 6) is 0.251. The van der Waals surface area contributed by atoms with Crippen molar-refractivity contribution in [2.45, 2.75) is 13.8 Å². The molecule has 0 spiro atoms. The fourth-order valence-electron chi connectivity index (χ4n) is 0.953. The third-order valence-electron chi connectivity index (χ3n) is 1.46. The zero-order valence-corrected chi connectivity index (χ0v) is 6.35. The molecule has 0 aromatic rings. The van der Waals surface area contributed by atoms with Gasteiger partial charge in [-0.3, -0.25) is 9.79 Å². The highest BCUT2D eigenvalue weighted by molar-refractivity contribution is 6.39. The molecule has 0 saturated carbocycles. The first-order chi connectivity index (χ1) is 4.72. The number of aliphatic imine (C=N–C) groups is 1. The van der Waals surface area contributed by atoms with Crippen molar-refractivity contribution in [1.29, 1.82) is 0 Å². The van der Waals surface area contributed by atoms with Crippen molar-refractivity contribution in [2.24, 2.45) is 10.9 Å². The molecule has 0 aromatic carbocycles. The van der Waals surface area contributed by atoms with Crippen LogP contribution < -0.4 is 5.32 Å². The highest BCUT2D eigenvalue weighted by atomic mass is 16.2. The molecular weight excluding hydrogens is 128 g/mol. The van der Waals surface area contributed by atoms with Crippen LogP contribution in [0.1, 0.15) is 13.8 Å². The Morgan fingerprint density at radius 2 is 2.30 bits per heavy atom. The fourth-order valence-corrected chi connectivity index (χ4v) is 0.953. The molecule has 0 aliphatic carbocycles. The van der Waals surface area contributed by atoms with E-state index in [2.05, 4.69) is 10.3 Å². The molecule has 3 nitrogen and oxygen atoms in total. The Kier molecular flexibility index (Phi) is 2.04. The van der Waals surface area contributed by atoms with Gasteiger partial charge in [-0.2, -0.15) is 0 Å². The minimum atomic E-state index is 0.00116. The summed E-state index contributed by atoms with van der Waals surface area (Å²) in [6, 6.07) is 0. The van der Waals surface area contributed by atoms with Crippen LogP contribution in [-0.4, -0.2) is 24.7 Å². The van der Waals surface area contributed by atoms with Crippen LogP contribution in [0.5, 0.6) is 0 Å². The van der Waals surface area contributed by atoms with E-state index in [4.69, 9.17) is 0 Å². The Labute approximate surface area is 60.5 Å².